The summed E-state index contributed by atoms with van der Waals surface area (Å²) in [5, 5.41) is 0.489. The Kier molecular flexibility index (Phi) is 4.77. The van der Waals surface area contributed by atoms with Gasteiger partial charge >= 0.3 is 5.97 Å². The molecule has 1 saturated heterocycles. The second kappa shape index (κ2) is 7.14. The minimum absolute atomic E-state index is 0.0136. The third-order valence-corrected chi connectivity index (χ3v) is 6.95. The Morgan fingerprint density at radius 1 is 1.24 bits per heavy atom. The molecule has 1 aliphatic rings. The SMILES string of the molecule is CCOC(=O)c1cc2c(=O)c3cc(C4CCS(=O)(=O)CC4)ccc3oc2nc1N. The fourth-order valence-electron chi connectivity index (χ4n) is 3.66. The van der Waals surface area contributed by atoms with Gasteiger partial charge in [0.2, 0.25) is 11.1 Å². The lowest BCUT2D eigenvalue weighted by Crippen LogP contribution is -2.22. The van der Waals surface area contributed by atoms with Gasteiger partial charge in [-0.1, -0.05) is 6.07 Å². The van der Waals surface area contributed by atoms with Crippen molar-refractivity contribution in [3.05, 3.63) is 45.6 Å². The maximum Gasteiger partial charge on any atom is 0.341 e. The number of benzene rings is 1. The van der Waals surface area contributed by atoms with Gasteiger partial charge in [-0.2, -0.15) is 4.98 Å². The van der Waals surface area contributed by atoms with Gasteiger partial charge in [0.1, 0.15) is 26.8 Å². The van der Waals surface area contributed by atoms with Gasteiger partial charge in [-0.15, -0.1) is 0 Å². The molecule has 0 aliphatic carbocycles. The molecular weight excluding hydrogens is 396 g/mol. The normalized spacial score (nSPS) is 16.9. The molecular formula is C20H20N2O6S. The Hall–Kier alpha value is -2.94. The number of nitrogen functional groups attached to an aromatic ring is 1. The number of pyridine rings is 1. The molecule has 0 spiro atoms. The maximum absolute atomic E-state index is 13.1. The quantitative estimate of drug-likeness (QED) is 0.509. The van der Waals surface area contributed by atoms with Crippen LogP contribution in [-0.4, -0.2) is 37.5 Å². The van der Waals surface area contributed by atoms with E-state index in [9.17, 15) is 18.0 Å². The van der Waals surface area contributed by atoms with Crippen LogP contribution in [0.15, 0.2) is 33.5 Å². The lowest BCUT2D eigenvalue weighted by atomic mass is 9.92. The summed E-state index contributed by atoms with van der Waals surface area (Å²) >= 11 is 0. The van der Waals surface area contributed by atoms with Crippen molar-refractivity contribution in [3.8, 4) is 0 Å². The summed E-state index contributed by atoms with van der Waals surface area (Å²) < 4.78 is 34.1. The summed E-state index contributed by atoms with van der Waals surface area (Å²) in [6.45, 7) is 1.84. The number of rotatable bonds is 3. The van der Waals surface area contributed by atoms with Gasteiger partial charge in [-0.3, -0.25) is 4.79 Å². The molecule has 9 heteroatoms. The molecule has 0 unspecified atom stereocenters. The molecule has 1 aliphatic heterocycles. The predicted octanol–water partition coefficient (Wildman–Crippen LogP) is 2.39. The molecule has 152 valence electrons. The first-order valence-corrected chi connectivity index (χ1v) is 11.2. The zero-order valence-electron chi connectivity index (χ0n) is 15.8. The highest BCUT2D eigenvalue weighted by molar-refractivity contribution is 7.91. The average molecular weight is 416 g/mol. The summed E-state index contributed by atoms with van der Waals surface area (Å²) in [5.74, 6) is -0.366. The zero-order chi connectivity index (χ0) is 20.8. The van der Waals surface area contributed by atoms with Gasteiger partial charge in [0.05, 0.1) is 28.9 Å². The number of ether oxygens (including phenoxy) is 1. The van der Waals surface area contributed by atoms with E-state index in [1.807, 2.05) is 6.07 Å². The van der Waals surface area contributed by atoms with Gasteiger partial charge in [-0.25, -0.2) is 13.2 Å². The van der Waals surface area contributed by atoms with E-state index in [2.05, 4.69) is 4.98 Å². The first-order chi connectivity index (χ1) is 13.8. The smallest absolute Gasteiger partial charge is 0.341 e. The molecule has 29 heavy (non-hydrogen) atoms. The van der Waals surface area contributed by atoms with E-state index in [0.717, 1.165) is 5.56 Å². The zero-order valence-corrected chi connectivity index (χ0v) is 16.6. The molecule has 0 atom stereocenters. The molecule has 0 saturated carbocycles. The van der Waals surface area contributed by atoms with Crippen molar-refractivity contribution in [3.63, 3.8) is 0 Å². The van der Waals surface area contributed by atoms with Crippen LogP contribution < -0.4 is 11.2 Å². The van der Waals surface area contributed by atoms with Crippen LogP contribution in [0.5, 0.6) is 0 Å². The second-order valence-electron chi connectivity index (χ2n) is 7.11. The number of esters is 1. The van der Waals surface area contributed by atoms with Crippen LogP contribution in [-0.2, 0) is 14.6 Å². The lowest BCUT2D eigenvalue weighted by Gasteiger charge is -2.22. The Labute approximate surface area is 166 Å². The highest BCUT2D eigenvalue weighted by atomic mass is 32.2. The summed E-state index contributed by atoms with van der Waals surface area (Å²) in [7, 11) is -2.97. The highest BCUT2D eigenvalue weighted by Gasteiger charge is 2.25. The van der Waals surface area contributed by atoms with E-state index in [4.69, 9.17) is 14.9 Å². The third-order valence-electron chi connectivity index (χ3n) is 5.24. The molecule has 8 nitrogen and oxygen atoms in total. The molecule has 0 amide bonds. The topological polar surface area (TPSA) is 130 Å². The Bertz CT molecular complexity index is 1280. The van der Waals surface area contributed by atoms with Crippen molar-refractivity contribution in [2.24, 2.45) is 0 Å². The van der Waals surface area contributed by atoms with E-state index in [1.54, 1.807) is 19.1 Å². The van der Waals surface area contributed by atoms with E-state index in [0.29, 0.717) is 23.8 Å². The van der Waals surface area contributed by atoms with Crippen LogP contribution in [0.3, 0.4) is 0 Å². The standard InChI is InChI=1S/C20H20N2O6S/c1-2-27-20(24)15-10-14-17(23)13-9-12(11-5-7-29(25,26)8-6-11)3-4-16(13)28-19(14)22-18(15)21/h3-4,9-11H,2,5-8H2,1H3,(H2,21,22). The maximum atomic E-state index is 13.1. The van der Waals surface area contributed by atoms with Gasteiger partial charge < -0.3 is 14.9 Å². The number of aromatic nitrogens is 1. The third kappa shape index (κ3) is 3.57. The van der Waals surface area contributed by atoms with Crippen molar-refractivity contribution in [1.82, 2.24) is 4.98 Å². The van der Waals surface area contributed by atoms with Crippen molar-refractivity contribution in [2.75, 3.05) is 23.8 Å². The number of sulfone groups is 1. The first kappa shape index (κ1) is 19.4. The van der Waals surface area contributed by atoms with Crippen molar-refractivity contribution < 1.29 is 22.4 Å². The van der Waals surface area contributed by atoms with E-state index >= 15 is 0 Å². The number of fused-ring (bicyclic) bond motifs is 2. The summed E-state index contributed by atoms with van der Waals surface area (Å²) in [6, 6.07) is 6.62. The van der Waals surface area contributed by atoms with Crippen molar-refractivity contribution in [2.45, 2.75) is 25.7 Å². The van der Waals surface area contributed by atoms with Crippen LogP contribution in [0.1, 0.15) is 41.6 Å². The van der Waals surface area contributed by atoms with Gasteiger partial charge in [0.25, 0.3) is 0 Å². The molecule has 2 aromatic heterocycles. The molecule has 4 rings (SSSR count). The second-order valence-corrected chi connectivity index (χ2v) is 9.41. The monoisotopic (exact) mass is 416 g/mol. The molecule has 3 heterocycles. The number of anilines is 1. The number of hydrogen-bond acceptors (Lipinski definition) is 8. The Morgan fingerprint density at radius 3 is 2.66 bits per heavy atom. The Balaban J connectivity index is 1.83. The van der Waals surface area contributed by atoms with E-state index in [-0.39, 0.29) is 51.9 Å². The first-order valence-electron chi connectivity index (χ1n) is 9.33. The van der Waals surface area contributed by atoms with Crippen molar-refractivity contribution in [1.29, 1.82) is 0 Å². The summed E-state index contributed by atoms with van der Waals surface area (Å²) in [6.07, 6.45) is 1.05. The van der Waals surface area contributed by atoms with Crippen LogP contribution in [0.2, 0.25) is 0 Å². The molecule has 3 aromatic rings. The minimum atomic E-state index is -2.97. The lowest BCUT2D eigenvalue weighted by molar-refractivity contribution is 0.0527. The number of carbonyl (C=O) groups is 1. The average Bonchev–Trinajstić information content (AvgIpc) is 2.68. The fourth-order valence-corrected chi connectivity index (χ4v) is 5.15. The fraction of sp³-hybridized carbons (Fsp3) is 0.350. The molecule has 0 radical (unpaired) electrons. The molecule has 2 N–H and O–H groups in total. The minimum Gasteiger partial charge on any atom is -0.462 e. The summed E-state index contributed by atoms with van der Waals surface area (Å²) in [5.41, 5.74) is 6.81. The van der Waals surface area contributed by atoms with Crippen LogP contribution in [0.25, 0.3) is 22.1 Å². The van der Waals surface area contributed by atoms with Crippen LogP contribution >= 0.6 is 0 Å². The van der Waals surface area contributed by atoms with Gasteiger partial charge in [0, 0.05) is 0 Å². The number of hydrogen-bond donors (Lipinski definition) is 1. The number of carbonyl (C=O) groups excluding carboxylic acids is 1. The molecule has 1 fully saturated rings. The highest BCUT2D eigenvalue weighted by Crippen LogP contribution is 2.31. The van der Waals surface area contributed by atoms with E-state index in [1.165, 1.54) is 6.07 Å². The van der Waals surface area contributed by atoms with Crippen LogP contribution in [0.4, 0.5) is 5.82 Å². The molecule has 1 aromatic carbocycles. The number of nitrogens with two attached hydrogens (primary N) is 1. The number of nitrogens with zero attached hydrogens (tertiary/aromatic N) is 1. The van der Waals surface area contributed by atoms with Gasteiger partial charge in [0.15, 0.2) is 0 Å². The van der Waals surface area contributed by atoms with Crippen molar-refractivity contribution >= 4 is 43.7 Å². The Morgan fingerprint density at radius 2 is 1.97 bits per heavy atom. The predicted molar refractivity (Wildman–Crippen MR) is 109 cm³/mol. The summed E-state index contributed by atoms with van der Waals surface area (Å²) in [4.78, 5) is 29.2. The van der Waals surface area contributed by atoms with Gasteiger partial charge in [-0.05, 0) is 49.4 Å². The van der Waals surface area contributed by atoms with E-state index < -0.39 is 15.8 Å². The van der Waals surface area contributed by atoms with Crippen LogP contribution in [0, 0.1) is 0 Å². The molecule has 0 bridgehead atoms. The largest absolute Gasteiger partial charge is 0.462 e.